The number of aromatic hydroxyl groups is 1. The molecule has 0 aliphatic carbocycles. The molecule has 1 heterocycles. The van der Waals surface area contributed by atoms with Crippen molar-refractivity contribution in [3.63, 3.8) is 0 Å². The highest BCUT2D eigenvalue weighted by Crippen LogP contribution is 2.34. The Bertz CT molecular complexity index is 1570. The average molecular weight is 547 g/mol. The SMILES string of the molecule is COc1cccc(-c2c(C)[n+](Cc3c(F)cccc3C(F)(F)F)c(O)n(C[C@H](N)c3ccccc3)c2=O)c1F. The fraction of sp³-hybridized carbons (Fsp3) is 0.214. The van der Waals surface area contributed by atoms with Crippen LogP contribution in [0.25, 0.3) is 11.1 Å². The normalized spacial score (nSPS) is 12.4. The molecule has 0 amide bonds. The van der Waals surface area contributed by atoms with Gasteiger partial charge in [0.2, 0.25) is 0 Å². The third kappa shape index (κ3) is 5.35. The quantitative estimate of drug-likeness (QED) is 0.256. The van der Waals surface area contributed by atoms with E-state index < -0.39 is 53.1 Å². The minimum Gasteiger partial charge on any atom is -0.494 e. The molecule has 1 aromatic heterocycles. The molecule has 0 radical (unpaired) electrons. The minimum absolute atomic E-state index is 0.0921. The van der Waals surface area contributed by atoms with Crippen molar-refractivity contribution in [3.05, 3.63) is 111 Å². The molecule has 4 aromatic rings. The van der Waals surface area contributed by atoms with Gasteiger partial charge in [0, 0.05) is 11.1 Å². The molecule has 6 nitrogen and oxygen atoms in total. The van der Waals surface area contributed by atoms with Crippen LogP contribution in [0.5, 0.6) is 11.8 Å². The van der Waals surface area contributed by atoms with Gasteiger partial charge in [0.1, 0.15) is 30.2 Å². The number of alkyl halides is 3. The second-order valence-corrected chi connectivity index (χ2v) is 8.87. The van der Waals surface area contributed by atoms with Crippen molar-refractivity contribution in [2.45, 2.75) is 32.2 Å². The molecule has 4 rings (SSSR count). The molecule has 1 atom stereocenters. The summed E-state index contributed by atoms with van der Waals surface area (Å²) in [6.45, 7) is 0.209. The second kappa shape index (κ2) is 10.9. The minimum atomic E-state index is -4.90. The largest absolute Gasteiger partial charge is 0.494 e. The number of aromatic nitrogens is 2. The molecule has 0 unspecified atom stereocenters. The fourth-order valence-corrected chi connectivity index (χ4v) is 4.48. The van der Waals surface area contributed by atoms with E-state index in [1.807, 2.05) is 0 Å². The lowest BCUT2D eigenvalue weighted by atomic mass is 10.0. The highest BCUT2D eigenvalue weighted by atomic mass is 19.4. The van der Waals surface area contributed by atoms with E-state index in [2.05, 4.69) is 0 Å². The van der Waals surface area contributed by atoms with Gasteiger partial charge in [0.15, 0.2) is 11.6 Å². The predicted molar refractivity (Wildman–Crippen MR) is 133 cm³/mol. The topological polar surface area (TPSA) is 81.4 Å². The lowest BCUT2D eigenvalue weighted by Crippen LogP contribution is -2.46. The molecular formula is C28H25F5N3O3+. The number of rotatable bonds is 7. The number of ether oxygens (including phenoxy) is 1. The smallest absolute Gasteiger partial charge is 0.457 e. The summed E-state index contributed by atoms with van der Waals surface area (Å²) in [4.78, 5) is 13.7. The Morgan fingerprint density at radius 1 is 1.03 bits per heavy atom. The Morgan fingerprint density at radius 2 is 1.69 bits per heavy atom. The van der Waals surface area contributed by atoms with Gasteiger partial charge in [-0.2, -0.15) is 22.3 Å². The zero-order chi connectivity index (χ0) is 28.5. The Morgan fingerprint density at radius 3 is 2.33 bits per heavy atom. The van der Waals surface area contributed by atoms with E-state index in [0.29, 0.717) is 5.56 Å². The van der Waals surface area contributed by atoms with Gasteiger partial charge in [-0.3, -0.25) is 0 Å². The number of hydrogen-bond donors (Lipinski definition) is 2. The van der Waals surface area contributed by atoms with E-state index in [-0.39, 0.29) is 29.1 Å². The summed E-state index contributed by atoms with van der Waals surface area (Å²) in [5.41, 5.74) is 3.49. The number of methoxy groups -OCH3 is 1. The molecular weight excluding hydrogens is 521 g/mol. The highest BCUT2D eigenvalue weighted by molar-refractivity contribution is 5.66. The number of nitrogens with zero attached hydrogens (tertiary/aromatic N) is 2. The average Bonchev–Trinajstić information content (AvgIpc) is 2.90. The van der Waals surface area contributed by atoms with Crippen LogP contribution >= 0.6 is 0 Å². The molecule has 3 aromatic carbocycles. The van der Waals surface area contributed by atoms with Crippen LogP contribution in [0.15, 0.2) is 71.5 Å². The van der Waals surface area contributed by atoms with Gasteiger partial charge in [-0.1, -0.05) is 48.5 Å². The summed E-state index contributed by atoms with van der Waals surface area (Å²) in [6, 6.07) is 13.6. The maximum absolute atomic E-state index is 15.3. The van der Waals surface area contributed by atoms with Crippen molar-refractivity contribution < 1.29 is 36.4 Å². The van der Waals surface area contributed by atoms with Crippen molar-refractivity contribution in [2.75, 3.05) is 7.11 Å². The Hall–Kier alpha value is -4.25. The van der Waals surface area contributed by atoms with E-state index in [9.17, 15) is 27.5 Å². The van der Waals surface area contributed by atoms with Crippen molar-refractivity contribution >= 4 is 0 Å². The third-order valence-corrected chi connectivity index (χ3v) is 6.51. The molecule has 39 heavy (non-hydrogen) atoms. The lowest BCUT2D eigenvalue weighted by molar-refractivity contribution is -0.704. The molecule has 0 aliphatic rings. The molecule has 0 saturated carbocycles. The van der Waals surface area contributed by atoms with Gasteiger partial charge in [-0.05, 0) is 30.7 Å². The summed E-state index contributed by atoms with van der Waals surface area (Å²) in [5, 5.41) is 11.2. The van der Waals surface area contributed by atoms with Gasteiger partial charge in [0.25, 0.3) is 0 Å². The first-order valence-electron chi connectivity index (χ1n) is 11.8. The predicted octanol–water partition coefficient (Wildman–Crippen LogP) is 4.87. The summed E-state index contributed by atoms with van der Waals surface area (Å²) >= 11 is 0. The Kier molecular flexibility index (Phi) is 7.73. The number of nitrogens with two attached hydrogens (primary N) is 1. The van der Waals surface area contributed by atoms with E-state index in [0.717, 1.165) is 27.3 Å². The summed E-state index contributed by atoms with van der Waals surface area (Å²) in [7, 11) is 1.24. The maximum atomic E-state index is 15.3. The number of benzene rings is 3. The monoisotopic (exact) mass is 546 g/mol. The third-order valence-electron chi connectivity index (χ3n) is 6.51. The molecule has 204 valence electrons. The van der Waals surface area contributed by atoms with Crippen LogP contribution in [0.1, 0.15) is 28.4 Å². The van der Waals surface area contributed by atoms with Crippen LogP contribution in [-0.2, 0) is 19.3 Å². The first kappa shape index (κ1) is 27.8. The molecule has 0 bridgehead atoms. The molecule has 0 saturated heterocycles. The Balaban J connectivity index is 1.99. The summed E-state index contributed by atoms with van der Waals surface area (Å²) in [6.07, 6.45) is -4.90. The number of hydrogen-bond acceptors (Lipinski definition) is 4. The van der Waals surface area contributed by atoms with Gasteiger partial charge < -0.3 is 15.6 Å². The lowest BCUT2D eigenvalue weighted by Gasteiger charge is -2.18. The zero-order valence-electron chi connectivity index (χ0n) is 21.0. The van der Waals surface area contributed by atoms with E-state index in [1.165, 1.54) is 32.2 Å². The molecule has 0 fully saturated rings. The zero-order valence-corrected chi connectivity index (χ0v) is 21.0. The molecule has 0 aliphatic heterocycles. The van der Waals surface area contributed by atoms with Crippen molar-refractivity contribution in [1.82, 2.24) is 4.57 Å². The second-order valence-electron chi connectivity index (χ2n) is 8.87. The van der Waals surface area contributed by atoms with Gasteiger partial charge in [0.05, 0.1) is 18.7 Å². The van der Waals surface area contributed by atoms with E-state index >= 15 is 4.39 Å². The van der Waals surface area contributed by atoms with Crippen LogP contribution in [0, 0.1) is 18.6 Å². The van der Waals surface area contributed by atoms with Gasteiger partial charge >= 0.3 is 17.7 Å². The summed E-state index contributed by atoms with van der Waals surface area (Å²) in [5.74, 6) is -2.23. The molecule has 0 spiro atoms. The van der Waals surface area contributed by atoms with Crippen LogP contribution in [-0.4, -0.2) is 16.8 Å². The van der Waals surface area contributed by atoms with E-state index in [1.54, 1.807) is 30.3 Å². The van der Waals surface area contributed by atoms with Crippen molar-refractivity contribution in [1.29, 1.82) is 0 Å². The highest BCUT2D eigenvalue weighted by Gasteiger charge is 2.37. The van der Waals surface area contributed by atoms with Gasteiger partial charge in [-0.25, -0.2) is 13.6 Å². The fourth-order valence-electron chi connectivity index (χ4n) is 4.48. The van der Waals surface area contributed by atoms with Gasteiger partial charge in [-0.15, -0.1) is 0 Å². The number of halogens is 5. The van der Waals surface area contributed by atoms with Crippen LogP contribution in [0.4, 0.5) is 22.0 Å². The van der Waals surface area contributed by atoms with Crippen LogP contribution in [0.2, 0.25) is 0 Å². The molecule has 11 heteroatoms. The maximum Gasteiger partial charge on any atom is 0.457 e. The van der Waals surface area contributed by atoms with Crippen molar-refractivity contribution in [3.8, 4) is 22.9 Å². The first-order valence-corrected chi connectivity index (χ1v) is 11.8. The van der Waals surface area contributed by atoms with Crippen molar-refractivity contribution in [2.24, 2.45) is 5.73 Å². The Labute approximate surface area is 220 Å². The van der Waals surface area contributed by atoms with Crippen LogP contribution < -0.4 is 20.6 Å². The van der Waals surface area contributed by atoms with E-state index in [4.69, 9.17) is 10.5 Å². The standard InChI is InChI=1S/C28H24F5N3O3/c1-16-24(18-10-6-13-23(39-2)25(18)30)26(37)36(15-22(34)17-8-4-3-5-9-17)27(38)35(16)14-19-20(28(31,32)33)11-7-12-21(19)29/h3-13,22H,14-15,34H2,1-2H3/p+1/t22-/m0/s1. The molecule has 3 N–H and O–H groups in total. The van der Waals surface area contributed by atoms with Crippen LogP contribution in [0.3, 0.4) is 0 Å². The summed E-state index contributed by atoms with van der Waals surface area (Å²) < 4.78 is 78.1. The first-order chi connectivity index (χ1) is 18.5.